The van der Waals surface area contributed by atoms with Gasteiger partial charge in [-0.1, -0.05) is 0 Å². The number of halogens is 1. The Hall–Kier alpha value is -3.39. The van der Waals surface area contributed by atoms with Crippen LogP contribution in [0.25, 0.3) is 0 Å². The molecule has 0 spiro atoms. The van der Waals surface area contributed by atoms with E-state index in [1.54, 1.807) is 0 Å². The Morgan fingerprint density at radius 1 is 0.578 bits per heavy atom. The van der Waals surface area contributed by atoms with Crippen molar-refractivity contribution in [3.05, 3.63) is 0 Å². The van der Waals surface area contributed by atoms with Gasteiger partial charge >= 0.3 is 41.8 Å². The average molecular weight is 715 g/mol. The second-order valence-electron chi connectivity index (χ2n) is 9.84. The summed E-state index contributed by atoms with van der Waals surface area (Å²) >= 11 is 2.89. The Morgan fingerprint density at radius 2 is 1.00 bits per heavy atom. The molecule has 0 aliphatic carbocycles. The fraction of sp³-hybridized carbons (Fsp3) is 0.731. The molecule has 254 valence electrons. The van der Waals surface area contributed by atoms with Crippen LogP contribution < -0.4 is 0 Å². The van der Waals surface area contributed by atoms with Crippen LogP contribution in [0.4, 0.5) is 0 Å². The Labute approximate surface area is 265 Å². The molecule has 2 saturated heterocycles. The van der Waals surface area contributed by atoms with E-state index in [0.29, 0.717) is 0 Å². The van der Waals surface area contributed by atoms with E-state index in [-0.39, 0.29) is 0 Å². The molecule has 2 aliphatic rings. The lowest BCUT2D eigenvalue weighted by Gasteiger charge is -2.49. The quantitative estimate of drug-likeness (QED) is 0.159. The molecule has 0 bridgehead atoms. The first-order valence-electron chi connectivity index (χ1n) is 13.3. The van der Waals surface area contributed by atoms with Crippen LogP contribution in [-0.2, 0) is 80.9 Å². The maximum absolute atomic E-state index is 12.2. The van der Waals surface area contributed by atoms with Gasteiger partial charge < -0.3 is 52.5 Å². The molecule has 2 rings (SSSR count). The van der Waals surface area contributed by atoms with Gasteiger partial charge in [-0.15, -0.1) is 0 Å². The number of hydrogen-bond donors (Lipinski definition) is 1. The van der Waals surface area contributed by atoms with Crippen molar-refractivity contribution in [1.29, 1.82) is 0 Å². The van der Waals surface area contributed by atoms with Crippen LogP contribution in [0.3, 0.4) is 0 Å². The Balaban J connectivity index is 2.71. The summed E-state index contributed by atoms with van der Waals surface area (Å²) in [6.45, 7) is 5.99. The fourth-order valence-electron chi connectivity index (χ4n) is 4.52. The van der Waals surface area contributed by atoms with E-state index in [4.69, 9.17) is 47.4 Å². The van der Waals surface area contributed by atoms with Gasteiger partial charge in [0.05, 0.1) is 0 Å². The molecule has 19 heteroatoms. The molecule has 45 heavy (non-hydrogen) atoms. The normalized spacial score (nSPS) is 32.7. The van der Waals surface area contributed by atoms with E-state index in [1.165, 1.54) is 0 Å². The van der Waals surface area contributed by atoms with Crippen LogP contribution in [0.15, 0.2) is 0 Å². The largest absolute Gasteiger partial charge is 0.463 e. The molecule has 0 aromatic rings. The van der Waals surface area contributed by atoms with E-state index in [0.717, 1.165) is 48.5 Å². The fourth-order valence-corrected chi connectivity index (χ4v) is 5.11. The van der Waals surface area contributed by atoms with Gasteiger partial charge in [-0.3, -0.25) is 33.6 Å². The van der Waals surface area contributed by atoms with Gasteiger partial charge in [-0.2, -0.15) is 0 Å². The highest BCUT2D eigenvalue weighted by Crippen LogP contribution is 2.40. The summed E-state index contributed by atoms with van der Waals surface area (Å²) < 4.78 is 51.9. The van der Waals surface area contributed by atoms with Crippen molar-refractivity contribution in [2.75, 3.05) is 13.2 Å². The van der Waals surface area contributed by atoms with Gasteiger partial charge in [0.25, 0.3) is 4.70 Å². The number of carbonyl (C=O) groups excluding carboxylic acids is 7. The molecule has 0 aromatic heterocycles. The second-order valence-corrected chi connectivity index (χ2v) is 11.0. The highest BCUT2D eigenvalue weighted by molar-refractivity contribution is 9.10. The SMILES string of the molecule is CC(=O)OC[C@H]1O[C@@H](O[C@H]2[C@H](OC(C)=O)[C@@H](OC(C)=O)C(O)(Br)O[C@@H]2COC(C)=O)[C@H](OC(C)=O)[C@@H](OC(C)=O)[C@H]1OC(C)=O. The average Bonchev–Trinajstić information content (AvgIpc) is 2.87. The third-order valence-corrected chi connectivity index (χ3v) is 6.58. The molecule has 0 radical (unpaired) electrons. The van der Waals surface area contributed by atoms with Crippen LogP contribution >= 0.6 is 15.9 Å². The molecule has 1 N–H and O–H groups in total. The molecule has 2 fully saturated rings. The summed E-state index contributed by atoms with van der Waals surface area (Å²) in [6, 6.07) is 0. The van der Waals surface area contributed by atoms with Crippen molar-refractivity contribution < 1.29 is 86.0 Å². The van der Waals surface area contributed by atoms with Gasteiger partial charge in [0.1, 0.15) is 31.5 Å². The number of esters is 7. The number of hydrogen-bond acceptors (Lipinski definition) is 18. The smallest absolute Gasteiger partial charge is 0.303 e. The first kappa shape index (κ1) is 37.8. The standard InChI is InChI=1S/C26H35BrO18/c1-10(28)36-8-17-19(38-12(3)30)21(39-13(4)31)23(41-15(6)33)25(43-17)44-20-18(9-37-11(2)29)45-26(27,35)24(42-16(7)34)22(20)40-14(5)32/h17-25,35H,8-9H2,1-7H3/t17-,18-,19+,20-,21+,22+,23-,24-,25+,26?/m1/s1. The Kier molecular flexibility index (Phi) is 13.7. The number of alkyl halides is 1. The molecule has 18 nitrogen and oxygen atoms in total. The van der Waals surface area contributed by atoms with Crippen molar-refractivity contribution >= 4 is 57.7 Å². The molecule has 2 aliphatic heterocycles. The predicted molar refractivity (Wildman–Crippen MR) is 143 cm³/mol. The lowest BCUT2D eigenvalue weighted by atomic mass is 9.96. The van der Waals surface area contributed by atoms with Crippen LogP contribution in [0, 0.1) is 0 Å². The first-order valence-corrected chi connectivity index (χ1v) is 14.1. The minimum Gasteiger partial charge on any atom is -0.463 e. The molecule has 2 heterocycles. The third kappa shape index (κ3) is 11.2. The second kappa shape index (κ2) is 16.3. The Bertz CT molecular complexity index is 1140. The van der Waals surface area contributed by atoms with Crippen LogP contribution in [0.2, 0.25) is 0 Å². The van der Waals surface area contributed by atoms with Gasteiger partial charge in [0.15, 0.2) is 30.7 Å². The highest BCUT2D eigenvalue weighted by atomic mass is 79.9. The van der Waals surface area contributed by atoms with Crippen molar-refractivity contribution in [1.82, 2.24) is 0 Å². The van der Waals surface area contributed by atoms with E-state index in [9.17, 15) is 38.7 Å². The topological polar surface area (TPSA) is 232 Å². The van der Waals surface area contributed by atoms with E-state index >= 15 is 0 Å². The van der Waals surface area contributed by atoms with E-state index < -0.39 is 115 Å². The summed E-state index contributed by atoms with van der Waals surface area (Å²) in [5.74, 6) is -6.14. The van der Waals surface area contributed by atoms with Gasteiger partial charge in [0.2, 0.25) is 6.10 Å². The molecule has 0 amide bonds. The summed E-state index contributed by atoms with van der Waals surface area (Å²) in [5, 5.41) is 11.0. The van der Waals surface area contributed by atoms with Crippen LogP contribution in [-0.4, -0.2) is 120 Å². The van der Waals surface area contributed by atoms with Gasteiger partial charge in [-0.05, 0) is 15.9 Å². The zero-order chi connectivity index (χ0) is 34.2. The molecule has 1 unspecified atom stereocenters. The predicted octanol–water partition coefficient (Wildman–Crippen LogP) is -0.679. The molecule has 0 aromatic carbocycles. The molecule has 10 atom stereocenters. The van der Waals surface area contributed by atoms with Gasteiger partial charge in [0, 0.05) is 48.5 Å². The maximum Gasteiger partial charge on any atom is 0.303 e. The van der Waals surface area contributed by atoms with Crippen LogP contribution in [0.5, 0.6) is 0 Å². The Morgan fingerprint density at radius 3 is 1.47 bits per heavy atom. The molecule has 0 saturated carbocycles. The summed E-state index contributed by atoms with van der Waals surface area (Å²) in [6.07, 6.45) is -14.8. The summed E-state index contributed by atoms with van der Waals surface area (Å²) in [4.78, 5) is 83.9. The minimum absolute atomic E-state index is 0.583. The highest BCUT2D eigenvalue weighted by Gasteiger charge is 2.60. The zero-order valence-corrected chi connectivity index (χ0v) is 27.0. The third-order valence-electron chi connectivity index (χ3n) is 5.94. The van der Waals surface area contributed by atoms with E-state index in [1.807, 2.05) is 0 Å². The van der Waals surface area contributed by atoms with Crippen LogP contribution in [0.1, 0.15) is 48.5 Å². The van der Waals surface area contributed by atoms with E-state index in [2.05, 4.69) is 15.9 Å². The van der Waals surface area contributed by atoms with Crippen molar-refractivity contribution in [2.45, 2.75) is 108 Å². The lowest BCUT2D eigenvalue weighted by molar-refractivity contribution is -0.362. The number of ether oxygens (including phenoxy) is 10. The maximum atomic E-state index is 12.2. The number of rotatable bonds is 11. The number of aliphatic hydroxyl groups is 1. The minimum atomic E-state index is -2.52. The van der Waals surface area contributed by atoms with Crippen molar-refractivity contribution in [3.63, 3.8) is 0 Å². The first-order chi connectivity index (χ1) is 20.8. The number of carbonyl (C=O) groups is 7. The van der Waals surface area contributed by atoms with Crippen molar-refractivity contribution in [3.8, 4) is 0 Å². The summed E-state index contributed by atoms with van der Waals surface area (Å²) in [5.41, 5.74) is 0. The molecular formula is C26H35BrO18. The van der Waals surface area contributed by atoms with Gasteiger partial charge in [-0.25, -0.2) is 0 Å². The summed E-state index contributed by atoms with van der Waals surface area (Å²) in [7, 11) is 0. The monoisotopic (exact) mass is 714 g/mol. The van der Waals surface area contributed by atoms with Crippen molar-refractivity contribution in [2.24, 2.45) is 0 Å². The lowest BCUT2D eigenvalue weighted by Crippen LogP contribution is -2.68. The molecular weight excluding hydrogens is 680 g/mol. The zero-order valence-electron chi connectivity index (χ0n) is 25.4.